The number of sulfone groups is 1. The van der Waals surface area contributed by atoms with Gasteiger partial charge in [-0.25, -0.2) is 16.8 Å². The van der Waals surface area contributed by atoms with Gasteiger partial charge in [0.25, 0.3) is 0 Å². The Hall–Kier alpha value is -2.25. The minimum Gasteiger partial charge on any atom is -0.299 e. The number of fused-ring (bicyclic) bond motifs is 1. The summed E-state index contributed by atoms with van der Waals surface area (Å²) in [6.45, 7) is 3.83. The summed E-state index contributed by atoms with van der Waals surface area (Å²) in [4.78, 5) is 3.20. The van der Waals surface area contributed by atoms with Crippen molar-refractivity contribution in [3.05, 3.63) is 59.4 Å². The van der Waals surface area contributed by atoms with Crippen LogP contribution in [0.25, 0.3) is 5.69 Å². The van der Waals surface area contributed by atoms with Crippen molar-refractivity contribution in [3.8, 4) is 5.69 Å². The third kappa shape index (κ3) is 5.87. The second-order valence-electron chi connectivity index (χ2n) is 11.0. The molecule has 0 atom stereocenters. The first-order valence-electron chi connectivity index (χ1n) is 13.9. The third-order valence-corrected chi connectivity index (χ3v) is 12.1. The van der Waals surface area contributed by atoms with Gasteiger partial charge in [0.1, 0.15) is 6.33 Å². The fraction of sp³-hybridized carbons (Fsp3) is 0.500. The van der Waals surface area contributed by atoms with Crippen LogP contribution < -0.4 is 0 Å². The summed E-state index contributed by atoms with van der Waals surface area (Å²) in [6.07, 6.45) is 8.70. The van der Waals surface area contributed by atoms with Crippen LogP contribution >= 0.6 is 11.8 Å². The number of nitrogens with zero attached hydrogens (tertiary/aromatic N) is 5. The van der Waals surface area contributed by atoms with Gasteiger partial charge in [0.05, 0.1) is 15.5 Å². The molecule has 1 aromatic heterocycles. The Morgan fingerprint density at radius 1 is 0.975 bits per heavy atom. The molecule has 2 aliphatic heterocycles. The quantitative estimate of drug-likeness (QED) is 0.255. The predicted molar refractivity (Wildman–Crippen MR) is 155 cm³/mol. The van der Waals surface area contributed by atoms with E-state index < -0.39 is 19.9 Å². The van der Waals surface area contributed by atoms with E-state index in [1.54, 1.807) is 34.5 Å². The van der Waals surface area contributed by atoms with Crippen molar-refractivity contribution in [1.29, 1.82) is 0 Å². The molecule has 3 aliphatic rings. The Morgan fingerprint density at radius 3 is 2.52 bits per heavy atom. The minimum atomic E-state index is -3.41. The number of hydrogen-bond donors (Lipinski definition) is 0. The van der Waals surface area contributed by atoms with Crippen LogP contribution in [0.2, 0.25) is 0 Å². The average Bonchev–Trinajstić information content (AvgIpc) is 3.41. The van der Waals surface area contributed by atoms with E-state index in [-0.39, 0.29) is 0 Å². The molecule has 3 heterocycles. The monoisotopic (exact) mass is 601 g/mol. The number of rotatable bonds is 10. The van der Waals surface area contributed by atoms with Gasteiger partial charge in [0, 0.05) is 38.2 Å². The zero-order chi connectivity index (χ0) is 27.9. The summed E-state index contributed by atoms with van der Waals surface area (Å²) in [6, 6.07) is 11.3. The number of thioether (sulfide) groups is 1. The van der Waals surface area contributed by atoms with Crippen LogP contribution in [0.5, 0.6) is 0 Å². The first-order valence-corrected chi connectivity index (χ1v) is 18.2. The summed E-state index contributed by atoms with van der Waals surface area (Å²) < 4.78 is 54.5. The molecule has 0 bridgehead atoms. The van der Waals surface area contributed by atoms with E-state index >= 15 is 0 Å². The maximum absolute atomic E-state index is 13.0. The summed E-state index contributed by atoms with van der Waals surface area (Å²) >= 11 is 1.61. The topological polar surface area (TPSA) is 105 Å². The van der Waals surface area contributed by atoms with Crippen molar-refractivity contribution in [2.75, 3.05) is 38.2 Å². The fourth-order valence-electron chi connectivity index (χ4n) is 5.70. The van der Waals surface area contributed by atoms with Crippen molar-refractivity contribution < 1.29 is 16.8 Å². The summed E-state index contributed by atoms with van der Waals surface area (Å²) in [5, 5.41) is 9.11. The lowest BCUT2D eigenvalue weighted by atomic mass is 10.00. The molecule has 0 radical (unpaired) electrons. The molecule has 9 nitrogen and oxygen atoms in total. The zero-order valence-electron chi connectivity index (χ0n) is 22.7. The Balaban J connectivity index is 1.07. The van der Waals surface area contributed by atoms with Crippen molar-refractivity contribution in [2.24, 2.45) is 0 Å². The highest BCUT2D eigenvalue weighted by molar-refractivity contribution is 7.99. The maximum Gasteiger partial charge on any atom is 0.243 e. The minimum absolute atomic E-state index is 0.344. The molecule has 0 amide bonds. The average molecular weight is 602 g/mol. The Morgan fingerprint density at radius 2 is 1.77 bits per heavy atom. The predicted octanol–water partition coefficient (Wildman–Crippen LogP) is 3.87. The number of aromatic nitrogens is 3. The maximum atomic E-state index is 13.0. The molecule has 2 fully saturated rings. The highest BCUT2D eigenvalue weighted by Crippen LogP contribution is 2.43. The van der Waals surface area contributed by atoms with Crippen molar-refractivity contribution in [1.82, 2.24) is 24.0 Å². The number of benzene rings is 2. The van der Waals surface area contributed by atoms with E-state index in [4.69, 9.17) is 0 Å². The number of sulfonamides is 1. The van der Waals surface area contributed by atoms with E-state index in [1.807, 2.05) is 28.8 Å². The first kappa shape index (κ1) is 27.9. The normalized spacial score (nSPS) is 18.7. The molecule has 6 rings (SSSR count). The molecule has 0 spiro atoms. The second-order valence-corrected chi connectivity index (χ2v) is 16.0. The lowest BCUT2D eigenvalue weighted by Crippen LogP contribution is -2.32. The molecule has 2 aromatic carbocycles. The van der Waals surface area contributed by atoms with Crippen LogP contribution in [0.4, 0.5) is 0 Å². The van der Waals surface area contributed by atoms with Crippen LogP contribution in [-0.4, -0.2) is 79.0 Å². The smallest absolute Gasteiger partial charge is 0.243 e. The Labute approximate surface area is 240 Å². The standard InChI is InChI=1S/C28H35N5O4S3/c1-39(34,35)27-18-24(8-10-26(27)22-5-6-22)33-20-29-30-28(33)38-16-4-12-31-15-11-21-7-9-25(17-23(21)19-31)40(36,37)32-13-2-3-14-32/h7-10,17-18,20,22H,2-6,11-16,19H2,1H3. The lowest BCUT2D eigenvalue weighted by molar-refractivity contribution is 0.255. The van der Waals surface area contributed by atoms with E-state index in [2.05, 4.69) is 15.1 Å². The molecular formula is C28H35N5O4S3. The van der Waals surface area contributed by atoms with Gasteiger partial charge >= 0.3 is 0 Å². The largest absolute Gasteiger partial charge is 0.299 e. The van der Waals surface area contributed by atoms with E-state index in [1.165, 1.54) is 11.8 Å². The Kier molecular flexibility index (Phi) is 7.81. The number of hydrogen-bond acceptors (Lipinski definition) is 8. The highest BCUT2D eigenvalue weighted by atomic mass is 32.2. The lowest BCUT2D eigenvalue weighted by Gasteiger charge is -2.29. The zero-order valence-corrected chi connectivity index (χ0v) is 25.1. The van der Waals surface area contributed by atoms with Crippen molar-refractivity contribution >= 4 is 31.6 Å². The van der Waals surface area contributed by atoms with Gasteiger partial charge in [-0.15, -0.1) is 10.2 Å². The molecule has 12 heteroatoms. The Bertz CT molecular complexity index is 1610. The molecule has 0 unspecified atom stereocenters. The molecule has 1 aliphatic carbocycles. The summed E-state index contributed by atoms with van der Waals surface area (Å²) in [7, 11) is -6.75. The van der Waals surface area contributed by atoms with Gasteiger partial charge in [-0.3, -0.25) is 9.47 Å². The molecule has 3 aromatic rings. The van der Waals surface area contributed by atoms with E-state index in [9.17, 15) is 16.8 Å². The fourth-order valence-corrected chi connectivity index (χ4v) is 9.12. The summed E-state index contributed by atoms with van der Waals surface area (Å²) in [5.74, 6) is 1.18. The molecule has 0 N–H and O–H groups in total. The van der Waals surface area contributed by atoms with Crippen LogP contribution in [0.15, 0.2) is 57.7 Å². The van der Waals surface area contributed by atoms with Crippen LogP contribution in [0.1, 0.15) is 54.7 Å². The van der Waals surface area contributed by atoms with Gasteiger partial charge in [0.15, 0.2) is 15.0 Å². The molecule has 40 heavy (non-hydrogen) atoms. The van der Waals surface area contributed by atoms with Gasteiger partial charge in [-0.05, 0) is 91.9 Å². The van der Waals surface area contributed by atoms with Crippen LogP contribution in [0.3, 0.4) is 0 Å². The molecule has 1 saturated carbocycles. The molecule has 1 saturated heterocycles. The SMILES string of the molecule is CS(=O)(=O)c1cc(-n2cnnc2SCCCN2CCc3ccc(S(=O)(=O)N4CCCC4)cc3C2)ccc1C1CC1. The van der Waals surface area contributed by atoms with Gasteiger partial charge in [0.2, 0.25) is 10.0 Å². The van der Waals surface area contributed by atoms with Crippen molar-refractivity contribution in [2.45, 2.75) is 65.9 Å². The van der Waals surface area contributed by atoms with Gasteiger partial charge in [-0.1, -0.05) is 23.9 Å². The summed E-state index contributed by atoms with van der Waals surface area (Å²) in [5.41, 5.74) is 4.01. The molecular weight excluding hydrogens is 567 g/mol. The third-order valence-electron chi connectivity index (χ3n) is 8.03. The highest BCUT2D eigenvalue weighted by Gasteiger charge is 2.30. The molecule has 214 valence electrons. The van der Waals surface area contributed by atoms with Gasteiger partial charge in [-0.2, -0.15) is 4.31 Å². The van der Waals surface area contributed by atoms with Crippen LogP contribution in [-0.2, 0) is 32.8 Å². The van der Waals surface area contributed by atoms with Crippen LogP contribution in [0, 0.1) is 0 Å². The van der Waals surface area contributed by atoms with Gasteiger partial charge < -0.3 is 0 Å². The van der Waals surface area contributed by atoms with E-state index in [0.717, 1.165) is 85.9 Å². The first-order chi connectivity index (χ1) is 19.2. The van der Waals surface area contributed by atoms with E-state index in [0.29, 0.717) is 28.8 Å². The van der Waals surface area contributed by atoms with Crippen molar-refractivity contribution in [3.63, 3.8) is 0 Å². The second kappa shape index (κ2) is 11.2.